The fourth-order valence-electron chi connectivity index (χ4n) is 2.11. The minimum absolute atomic E-state index is 0.0908. The normalized spacial score (nSPS) is 22.6. The number of thioether (sulfide) groups is 1. The summed E-state index contributed by atoms with van der Waals surface area (Å²) in [5, 5.41) is 9.41. The number of carbonyl (C=O) groups is 1. The third-order valence-corrected chi connectivity index (χ3v) is 4.91. The Hall–Kier alpha value is -0.910. The average Bonchev–Trinajstić information content (AvgIpc) is 2.87. The van der Waals surface area contributed by atoms with Gasteiger partial charge in [-0.15, -0.1) is 0 Å². The van der Waals surface area contributed by atoms with Gasteiger partial charge in [-0.05, 0) is 31.9 Å². The zero-order valence-electron chi connectivity index (χ0n) is 12.9. The molecule has 0 aromatic carbocycles. The van der Waals surface area contributed by atoms with Crippen molar-refractivity contribution in [3.05, 3.63) is 0 Å². The first kappa shape index (κ1) is 17.1. The molecule has 6 heteroatoms. The Kier molecular flexibility index (Phi) is 7.80. The van der Waals surface area contributed by atoms with Crippen molar-refractivity contribution >= 4 is 23.6 Å². The van der Waals surface area contributed by atoms with Crippen LogP contribution in [0.25, 0.3) is 0 Å². The van der Waals surface area contributed by atoms with Gasteiger partial charge in [0.25, 0.3) is 0 Å². The number of aliphatic imine (C=N–C) groups is 1. The molecular formula is C14H28N4OS. The molecule has 1 fully saturated rings. The van der Waals surface area contributed by atoms with Crippen molar-refractivity contribution in [2.45, 2.75) is 44.3 Å². The van der Waals surface area contributed by atoms with Crippen molar-refractivity contribution < 1.29 is 4.79 Å². The van der Waals surface area contributed by atoms with Crippen LogP contribution in [0.4, 0.5) is 0 Å². The second kappa shape index (κ2) is 9.10. The van der Waals surface area contributed by atoms with Crippen LogP contribution in [0.2, 0.25) is 0 Å². The van der Waals surface area contributed by atoms with Gasteiger partial charge in [-0.3, -0.25) is 9.79 Å². The first-order valence-corrected chi connectivity index (χ1v) is 8.43. The lowest BCUT2D eigenvalue weighted by atomic mass is 10.1. The Bertz CT molecular complexity index is 327. The predicted molar refractivity (Wildman–Crippen MR) is 87.4 cm³/mol. The Morgan fingerprint density at radius 3 is 2.70 bits per heavy atom. The molecule has 0 aromatic heterocycles. The summed E-state index contributed by atoms with van der Waals surface area (Å²) in [6.45, 7) is 6.62. The molecule has 1 saturated heterocycles. The molecule has 3 N–H and O–H groups in total. The largest absolute Gasteiger partial charge is 0.356 e. The molecule has 0 spiro atoms. The molecule has 1 unspecified atom stereocenters. The Balaban J connectivity index is 2.18. The van der Waals surface area contributed by atoms with Gasteiger partial charge in [0.1, 0.15) is 0 Å². The van der Waals surface area contributed by atoms with Crippen LogP contribution in [-0.2, 0) is 4.79 Å². The molecule has 1 heterocycles. The van der Waals surface area contributed by atoms with Crippen LogP contribution in [0.15, 0.2) is 4.99 Å². The van der Waals surface area contributed by atoms with Crippen LogP contribution in [0.5, 0.6) is 0 Å². The summed E-state index contributed by atoms with van der Waals surface area (Å²) in [7, 11) is 1.76. The highest BCUT2D eigenvalue weighted by Crippen LogP contribution is 2.36. The molecular weight excluding hydrogens is 272 g/mol. The molecule has 0 saturated carbocycles. The molecule has 1 aliphatic heterocycles. The van der Waals surface area contributed by atoms with E-state index in [-0.39, 0.29) is 5.91 Å². The topological polar surface area (TPSA) is 65.5 Å². The van der Waals surface area contributed by atoms with E-state index in [4.69, 9.17) is 0 Å². The summed E-state index contributed by atoms with van der Waals surface area (Å²) in [5.74, 6) is 2.12. The number of hydrogen-bond donors (Lipinski definition) is 3. The maximum Gasteiger partial charge on any atom is 0.221 e. The predicted octanol–water partition coefficient (Wildman–Crippen LogP) is 1.35. The smallest absolute Gasteiger partial charge is 0.221 e. The minimum Gasteiger partial charge on any atom is -0.356 e. The summed E-state index contributed by atoms with van der Waals surface area (Å²) in [5.41, 5.74) is 0. The number of rotatable bonds is 7. The van der Waals surface area contributed by atoms with E-state index in [9.17, 15) is 4.79 Å². The van der Waals surface area contributed by atoms with Gasteiger partial charge < -0.3 is 16.0 Å². The SMILES string of the molecule is CCCNC(=O)CCNC(=NC)NCC1(C)CCCS1. The van der Waals surface area contributed by atoms with Crippen molar-refractivity contribution in [2.75, 3.05) is 32.4 Å². The fourth-order valence-corrected chi connectivity index (χ4v) is 3.36. The molecule has 116 valence electrons. The summed E-state index contributed by atoms with van der Waals surface area (Å²) in [4.78, 5) is 15.7. The molecule has 1 amide bonds. The summed E-state index contributed by atoms with van der Waals surface area (Å²) in [6, 6.07) is 0. The fraction of sp³-hybridized carbons (Fsp3) is 0.857. The van der Waals surface area contributed by atoms with E-state index >= 15 is 0 Å². The van der Waals surface area contributed by atoms with Crippen molar-refractivity contribution in [3.63, 3.8) is 0 Å². The van der Waals surface area contributed by atoms with Crippen molar-refractivity contribution in [1.82, 2.24) is 16.0 Å². The summed E-state index contributed by atoms with van der Waals surface area (Å²) in [6.07, 6.45) is 4.00. The van der Waals surface area contributed by atoms with Crippen LogP contribution in [0.1, 0.15) is 39.5 Å². The molecule has 1 rings (SSSR count). The monoisotopic (exact) mass is 300 g/mol. The zero-order valence-corrected chi connectivity index (χ0v) is 13.7. The highest BCUT2D eigenvalue weighted by molar-refractivity contribution is 8.00. The van der Waals surface area contributed by atoms with Crippen LogP contribution < -0.4 is 16.0 Å². The van der Waals surface area contributed by atoms with Gasteiger partial charge in [-0.1, -0.05) is 6.92 Å². The number of carbonyl (C=O) groups excluding carboxylic acids is 1. The minimum atomic E-state index is 0.0908. The molecule has 0 bridgehead atoms. The van der Waals surface area contributed by atoms with E-state index in [1.54, 1.807) is 7.05 Å². The van der Waals surface area contributed by atoms with Gasteiger partial charge in [-0.2, -0.15) is 11.8 Å². The second-order valence-electron chi connectivity index (χ2n) is 5.35. The number of nitrogens with one attached hydrogen (secondary N) is 3. The highest BCUT2D eigenvalue weighted by atomic mass is 32.2. The van der Waals surface area contributed by atoms with Crippen molar-refractivity contribution in [1.29, 1.82) is 0 Å². The maximum absolute atomic E-state index is 11.5. The van der Waals surface area contributed by atoms with Gasteiger partial charge in [0, 0.05) is 37.8 Å². The number of amides is 1. The van der Waals surface area contributed by atoms with Crippen LogP contribution in [-0.4, -0.2) is 49.0 Å². The zero-order chi connectivity index (χ0) is 14.8. The quantitative estimate of drug-likeness (QED) is 0.490. The highest BCUT2D eigenvalue weighted by Gasteiger charge is 2.29. The standard InChI is InChI=1S/C14H28N4OS/c1-4-8-16-12(19)6-9-17-13(15-3)18-11-14(2)7-5-10-20-14/h4-11H2,1-3H3,(H,16,19)(H2,15,17,18). The second-order valence-corrected chi connectivity index (χ2v) is 7.04. The maximum atomic E-state index is 11.5. The van der Waals surface area contributed by atoms with E-state index in [0.717, 1.165) is 25.5 Å². The van der Waals surface area contributed by atoms with Crippen LogP contribution in [0, 0.1) is 0 Å². The van der Waals surface area contributed by atoms with E-state index < -0.39 is 0 Å². The third-order valence-electron chi connectivity index (χ3n) is 3.37. The van der Waals surface area contributed by atoms with Gasteiger partial charge in [-0.25, -0.2) is 0 Å². The number of nitrogens with zero attached hydrogens (tertiary/aromatic N) is 1. The summed E-state index contributed by atoms with van der Waals surface area (Å²) < 4.78 is 0.316. The lowest BCUT2D eigenvalue weighted by Gasteiger charge is -2.24. The van der Waals surface area contributed by atoms with E-state index in [1.807, 2.05) is 18.7 Å². The molecule has 5 nitrogen and oxygen atoms in total. The first-order chi connectivity index (χ1) is 9.59. The summed E-state index contributed by atoms with van der Waals surface area (Å²) >= 11 is 2.03. The number of hydrogen-bond acceptors (Lipinski definition) is 3. The molecule has 0 aliphatic carbocycles. The molecule has 1 atom stereocenters. The van der Waals surface area contributed by atoms with Crippen LogP contribution in [0.3, 0.4) is 0 Å². The lowest BCUT2D eigenvalue weighted by Crippen LogP contribution is -2.44. The van der Waals surface area contributed by atoms with Gasteiger partial charge >= 0.3 is 0 Å². The number of guanidine groups is 1. The molecule has 0 aromatic rings. The average molecular weight is 300 g/mol. The first-order valence-electron chi connectivity index (χ1n) is 7.45. The third kappa shape index (κ3) is 6.50. The van der Waals surface area contributed by atoms with Gasteiger partial charge in [0.05, 0.1) is 0 Å². The Morgan fingerprint density at radius 2 is 2.10 bits per heavy atom. The van der Waals surface area contributed by atoms with Gasteiger partial charge in [0.15, 0.2) is 5.96 Å². The van der Waals surface area contributed by atoms with Crippen LogP contribution >= 0.6 is 11.8 Å². The molecule has 1 aliphatic rings. The lowest BCUT2D eigenvalue weighted by molar-refractivity contribution is -0.120. The molecule has 0 radical (unpaired) electrons. The van der Waals surface area contributed by atoms with E-state index in [2.05, 4.69) is 27.9 Å². The van der Waals surface area contributed by atoms with E-state index in [0.29, 0.717) is 17.7 Å². The van der Waals surface area contributed by atoms with E-state index in [1.165, 1.54) is 18.6 Å². The van der Waals surface area contributed by atoms with Gasteiger partial charge in [0.2, 0.25) is 5.91 Å². The Morgan fingerprint density at radius 1 is 1.30 bits per heavy atom. The van der Waals surface area contributed by atoms with Crippen molar-refractivity contribution in [3.8, 4) is 0 Å². The molecule has 20 heavy (non-hydrogen) atoms. The Labute approximate surface area is 126 Å². The van der Waals surface area contributed by atoms with Crippen molar-refractivity contribution in [2.24, 2.45) is 4.99 Å².